The molecule has 0 saturated carbocycles. The lowest BCUT2D eigenvalue weighted by Gasteiger charge is -2.31. The first kappa shape index (κ1) is 19.3. The van der Waals surface area contributed by atoms with Crippen molar-refractivity contribution in [2.75, 3.05) is 0 Å². The third-order valence-corrected chi connectivity index (χ3v) is 4.28. The molecule has 9 heteroatoms. The SMILES string of the molecule is CC1=C(C(=O)OC(C)(C)C)C(c2ccc(Br)c([N+](=O)[O-])c2)NC(=S)N1. The molecular weight excluding hydrogens is 410 g/mol. The molecule has 7 nitrogen and oxygen atoms in total. The highest BCUT2D eigenvalue weighted by molar-refractivity contribution is 9.10. The largest absolute Gasteiger partial charge is 0.456 e. The molecule has 134 valence electrons. The molecule has 2 rings (SSSR count). The molecule has 0 saturated heterocycles. The van der Waals surface area contributed by atoms with E-state index in [0.717, 1.165) is 0 Å². The number of allylic oxidation sites excluding steroid dienone is 1. The molecule has 1 unspecified atom stereocenters. The van der Waals surface area contributed by atoms with Crippen LogP contribution in [0.4, 0.5) is 5.69 Å². The minimum Gasteiger partial charge on any atom is -0.456 e. The van der Waals surface area contributed by atoms with Gasteiger partial charge in [-0.15, -0.1) is 0 Å². The van der Waals surface area contributed by atoms with Crippen molar-refractivity contribution in [3.05, 3.63) is 49.6 Å². The number of benzene rings is 1. The van der Waals surface area contributed by atoms with Crippen LogP contribution in [0.15, 0.2) is 33.9 Å². The van der Waals surface area contributed by atoms with E-state index in [9.17, 15) is 14.9 Å². The molecule has 1 aliphatic rings. The first-order valence-corrected chi connectivity index (χ1v) is 8.65. The predicted octanol–water partition coefficient (Wildman–Crippen LogP) is 3.49. The van der Waals surface area contributed by atoms with Crippen LogP contribution in [-0.2, 0) is 9.53 Å². The van der Waals surface area contributed by atoms with Crippen molar-refractivity contribution < 1.29 is 14.5 Å². The van der Waals surface area contributed by atoms with Crippen LogP contribution in [0.2, 0.25) is 0 Å². The average Bonchev–Trinajstić information content (AvgIpc) is 2.44. The Kier molecular flexibility index (Phi) is 5.48. The lowest BCUT2D eigenvalue weighted by molar-refractivity contribution is -0.385. The third kappa shape index (κ3) is 4.55. The maximum atomic E-state index is 12.7. The van der Waals surface area contributed by atoms with Crippen molar-refractivity contribution in [1.29, 1.82) is 0 Å². The van der Waals surface area contributed by atoms with Gasteiger partial charge in [-0.1, -0.05) is 6.07 Å². The number of carbonyl (C=O) groups is 1. The number of nitro benzene ring substituents is 1. The van der Waals surface area contributed by atoms with E-state index in [1.807, 2.05) is 0 Å². The van der Waals surface area contributed by atoms with E-state index in [0.29, 0.717) is 26.4 Å². The lowest BCUT2D eigenvalue weighted by atomic mass is 9.95. The van der Waals surface area contributed by atoms with Crippen molar-refractivity contribution in [2.45, 2.75) is 39.3 Å². The van der Waals surface area contributed by atoms with Gasteiger partial charge < -0.3 is 15.4 Å². The molecule has 2 N–H and O–H groups in total. The van der Waals surface area contributed by atoms with E-state index in [2.05, 4.69) is 26.6 Å². The van der Waals surface area contributed by atoms with Crippen molar-refractivity contribution in [1.82, 2.24) is 10.6 Å². The van der Waals surface area contributed by atoms with E-state index < -0.39 is 22.5 Å². The fourth-order valence-electron chi connectivity index (χ4n) is 2.40. The Morgan fingerprint density at radius 1 is 1.40 bits per heavy atom. The second kappa shape index (κ2) is 7.09. The van der Waals surface area contributed by atoms with Gasteiger partial charge in [0, 0.05) is 11.8 Å². The summed E-state index contributed by atoms with van der Waals surface area (Å²) in [6.45, 7) is 7.03. The molecule has 1 atom stereocenters. The van der Waals surface area contributed by atoms with E-state index in [1.54, 1.807) is 39.8 Å². The molecule has 1 aliphatic heterocycles. The number of halogens is 1. The van der Waals surface area contributed by atoms with E-state index in [4.69, 9.17) is 17.0 Å². The number of esters is 1. The Morgan fingerprint density at radius 3 is 2.60 bits per heavy atom. The van der Waals surface area contributed by atoms with E-state index in [-0.39, 0.29) is 5.69 Å². The van der Waals surface area contributed by atoms with Gasteiger partial charge in [0.15, 0.2) is 5.11 Å². The average molecular weight is 428 g/mol. The number of nitrogens with one attached hydrogen (secondary N) is 2. The van der Waals surface area contributed by atoms with Crippen molar-refractivity contribution in [3.63, 3.8) is 0 Å². The molecule has 0 aliphatic carbocycles. The predicted molar refractivity (Wildman–Crippen MR) is 101 cm³/mol. The van der Waals surface area contributed by atoms with Crippen LogP contribution in [0.25, 0.3) is 0 Å². The maximum Gasteiger partial charge on any atom is 0.338 e. The van der Waals surface area contributed by atoms with E-state index >= 15 is 0 Å². The van der Waals surface area contributed by atoms with Gasteiger partial charge >= 0.3 is 5.97 Å². The lowest BCUT2D eigenvalue weighted by Crippen LogP contribution is -2.45. The van der Waals surface area contributed by atoms with Gasteiger partial charge in [-0.05, 0) is 67.5 Å². The second-order valence-electron chi connectivity index (χ2n) is 6.54. The molecule has 0 aromatic heterocycles. The number of carbonyl (C=O) groups excluding carboxylic acids is 1. The van der Waals surface area contributed by atoms with Gasteiger partial charge in [0.25, 0.3) is 5.69 Å². The molecule has 0 amide bonds. The van der Waals surface area contributed by atoms with Crippen LogP contribution in [-0.4, -0.2) is 21.6 Å². The summed E-state index contributed by atoms with van der Waals surface area (Å²) in [7, 11) is 0. The quantitative estimate of drug-likeness (QED) is 0.330. The summed E-state index contributed by atoms with van der Waals surface area (Å²) < 4.78 is 5.83. The van der Waals surface area contributed by atoms with Gasteiger partial charge in [-0.25, -0.2) is 4.79 Å². The van der Waals surface area contributed by atoms with Crippen LogP contribution in [0.1, 0.15) is 39.3 Å². The van der Waals surface area contributed by atoms with Gasteiger partial charge in [-0.3, -0.25) is 10.1 Å². The molecule has 0 bridgehead atoms. The van der Waals surface area contributed by atoms with Gasteiger partial charge in [0.05, 0.1) is 21.0 Å². The van der Waals surface area contributed by atoms with Crippen LogP contribution in [0, 0.1) is 10.1 Å². The zero-order valence-corrected chi connectivity index (χ0v) is 16.6. The van der Waals surface area contributed by atoms with Gasteiger partial charge in [0.1, 0.15) is 5.60 Å². The normalized spacial score (nSPS) is 17.6. The maximum absolute atomic E-state index is 12.7. The molecular formula is C16H18BrN3O4S. The molecule has 0 spiro atoms. The number of hydrogen-bond acceptors (Lipinski definition) is 5. The zero-order valence-electron chi connectivity index (χ0n) is 14.2. The molecule has 0 radical (unpaired) electrons. The number of nitrogens with zero attached hydrogens (tertiary/aromatic N) is 1. The molecule has 25 heavy (non-hydrogen) atoms. The highest BCUT2D eigenvalue weighted by atomic mass is 79.9. The number of rotatable bonds is 3. The topological polar surface area (TPSA) is 93.5 Å². The molecule has 0 fully saturated rings. The Balaban J connectivity index is 2.51. The van der Waals surface area contributed by atoms with Crippen molar-refractivity contribution in [2.24, 2.45) is 0 Å². The fourth-order valence-corrected chi connectivity index (χ4v) is 3.06. The highest BCUT2D eigenvalue weighted by Crippen LogP contribution is 2.33. The van der Waals surface area contributed by atoms with Crippen LogP contribution < -0.4 is 10.6 Å². The summed E-state index contributed by atoms with van der Waals surface area (Å²) in [5.41, 5.74) is 0.663. The summed E-state index contributed by atoms with van der Waals surface area (Å²) >= 11 is 8.33. The van der Waals surface area contributed by atoms with Crippen molar-refractivity contribution in [3.8, 4) is 0 Å². The van der Waals surface area contributed by atoms with Crippen LogP contribution in [0.3, 0.4) is 0 Å². The fraction of sp³-hybridized carbons (Fsp3) is 0.375. The minimum absolute atomic E-state index is 0.0926. The number of nitro groups is 1. The van der Waals surface area contributed by atoms with Gasteiger partial charge in [-0.2, -0.15) is 0 Å². The third-order valence-electron chi connectivity index (χ3n) is 3.39. The smallest absolute Gasteiger partial charge is 0.338 e. The van der Waals surface area contributed by atoms with Crippen LogP contribution in [0.5, 0.6) is 0 Å². The second-order valence-corrected chi connectivity index (χ2v) is 7.80. The number of hydrogen-bond donors (Lipinski definition) is 2. The van der Waals surface area contributed by atoms with Crippen molar-refractivity contribution >= 4 is 44.9 Å². The summed E-state index contributed by atoms with van der Waals surface area (Å²) in [5.74, 6) is -0.511. The monoisotopic (exact) mass is 427 g/mol. The van der Waals surface area contributed by atoms with Crippen LogP contribution >= 0.6 is 28.1 Å². The number of thiocarbonyl (C=S) groups is 1. The first-order chi connectivity index (χ1) is 11.5. The summed E-state index contributed by atoms with van der Waals surface area (Å²) in [4.78, 5) is 23.4. The molecule has 1 aromatic carbocycles. The Bertz CT molecular complexity index is 786. The zero-order chi connectivity index (χ0) is 18.9. The standard InChI is InChI=1S/C16H18BrN3O4S/c1-8-12(14(21)24-16(2,3)4)13(19-15(25)18-8)9-5-6-10(17)11(7-9)20(22)23/h5-7,13H,1-4H3,(H2,18,19,25). The number of ether oxygens (including phenoxy) is 1. The summed E-state index contributed by atoms with van der Waals surface area (Å²) in [5, 5.41) is 17.4. The Morgan fingerprint density at radius 2 is 2.04 bits per heavy atom. The summed E-state index contributed by atoms with van der Waals surface area (Å²) in [6, 6.07) is 4.03. The van der Waals surface area contributed by atoms with E-state index in [1.165, 1.54) is 6.07 Å². The Labute approximate surface area is 159 Å². The first-order valence-electron chi connectivity index (χ1n) is 7.45. The van der Waals surface area contributed by atoms with Gasteiger partial charge in [0.2, 0.25) is 0 Å². The summed E-state index contributed by atoms with van der Waals surface area (Å²) in [6.07, 6.45) is 0. The minimum atomic E-state index is -0.668. The Hall–Kier alpha value is -2.00. The molecule has 1 heterocycles. The highest BCUT2D eigenvalue weighted by Gasteiger charge is 2.33. The molecule has 1 aromatic rings.